The molecule has 0 aromatic heterocycles. The summed E-state index contributed by atoms with van der Waals surface area (Å²) in [6, 6.07) is 11.3. The maximum Gasteiger partial charge on any atom is 0.0187 e. The van der Waals surface area contributed by atoms with Crippen molar-refractivity contribution in [3.8, 4) is 0 Å². The van der Waals surface area contributed by atoms with Crippen molar-refractivity contribution < 1.29 is 0 Å². The van der Waals surface area contributed by atoms with Crippen molar-refractivity contribution in [1.29, 1.82) is 0 Å². The number of nitrogens with one attached hydrogen (secondary N) is 1. The average Bonchev–Trinajstić information content (AvgIpc) is 2.30. The van der Waals surface area contributed by atoms with Gasteiger partial charge in [0.15, 0.2) is 0 Å². The smallest absolute Gasteiger partial charge is 0.0187 e. The molecule has 0 saturated carbocycles. The van der Waals surface area contributed by atoms with E-state index in [1.165, 1.54) is 37.3 Å². The third-order valence-corrected chi connectivity index (χ3v) is 3.06. The van der Waals surface area contributed by atoms with E-state index >= 15 is 0 Å². The standard InChI is InChI=1S/C13H18N/c1-11(12-7-3-2-4-8-12)13-9-5-6-10-14-13/h2-4,7-8,13-14H,5-6,9-10H2,1H3. The summed E-state index contributed by atoms with van der Waals surface area (Å²) in [5.74, 6) is 1.49. The van der Waals surface area contributed by atoms with E-state index in [0.29, 0.717) is 6.04 Å². The Labute approximate surface area is 86.5 Å². The van der Waals surface area contributed by atoms with Crippen LogP contribution >= 0.6 is 0 Å². The molecule has 1 aliphatic rings. The van der Waals surface area contributed by atoms with Gasteiger partial charge in [0.1, 0.15) is 0 Å². The molecule has 1 heterocycles. The van der Waals surface area contributed by atoms with E-state index < -0.39 is 0 Å². The largest absolute Gasteiger partial charge is 0.313 e. The highest BCUT2D eigenvalue weighted by Gasteiger charge is 2.20. The molecular weight excluding hydrogens is 170 g/mol. The highest BCUT2D eigenvalue weighted by Crippen LogP contribution is 2.23. The lowest BCUT2D eigenvalue weighted by atomic mass is 9.88. The summed E-state index contributed by atoms with van der Waals surface area (Å²) >= 11 is 0. The number of hydrogen-bond donors (Lipinski definition) is 1. The highest BCUT2D eigenvalue weighted by atomic mass is 14.9. The molecule has 0 spiro atoms. The molecule has 1 N–H and O–H groups in total. The molecule has 0 bridgehead atoms. The van der Waals surface area contributed by atoms with E-state index in [4.69, 9.17) is 0 Å². The average molecular weight is 188 g/mol. The van der Waals surface area contributed by atoms with Gasteiger partial charge in [0.05, 0.1) is 0 Å². The molecule has 0 amide bonds. The zero-order chi connectivity index (χ0) is 9.80. The molecule has 1 saturated heterocycles. The van der Waals surface area contributed by atoms with Gasteiger partial charge in [0, 0.05) is 12.0 Å². The van der Waals surface area contributed by atoms with Crippen LogP contribution in [-0.2, 0) is 0 Å². The van der Waals surface area contributed by atoms with Crippen LogP contribution in [0.3, 0.4) is 0 Å². The summed E-state index contributed by atoms with van der Waals surface area (Å²) in [6.45, 7) is 3.42. The first-order chi connectivity index (χ1) is 6.88. The molecule has 0 aliphatic carbocycles. The Morgan fingerprint density at radius 3 is 2.64 bits per heavy atom. The van der Waals surface area contributed by atoms with Gasteiger partial charge in [0.25, 0.3) is 0 Å². The number of benzene rings is 1. The van der Waals surface area contributed by atoms with E-state index in [1.54, 1.807) is 0 Å². The highest BCUT2D eigenvalue weighted by molar-refractivity contribution is 5.32. The van der Waals surface area contributed by atoms with Gasteiger partial charge in [-0.3, -0.25) is 0 Å². The topological polar surface area (TPSA) is 12.0 Å². The van der Waals surface area contributed by atoms with Crippen molar-refractivity contribution in [2.24, 2.45) is 0 Å². The Hall–Kier alpha value is -0.820. The number of piperidine rings is 1. The lowest BCUT2D eigenvalue weighted by molar-refractivity contribution is 0.418. The molecule has 1 fully saturated rings. The Kier molecular flexibility index (Phi) is 3.20. The molecule has 1 aliphatic heterocycles. The van der Waals surface area contributed by atoms with E-state index in [9.17, 15) is 0 Å². The minimum Gasteiger partial charge on any atom is -0.313 e. The number of rotatable bonds is 2. The summed E-state index contributed by atoms with van der Waals surface area (Å²) < 4.78 is 0. The monoisotopic (exact) mass is 188 g/mol. The fourth-order valence-corrected chi connectivity index (χ4v) is 2.12. The van der Waals surface area contributed by atoms with E-state index in [2.05, 4.69) is 42.6 Å². The molecule has 14 heavy (non-hydrogen) atoms. The summed E-state index contributed by atoms with van der Waals surface area (Å²) in [4.78, 5) is 0. The van der Waals surface area contributed by atoms with Gasteiger partial charge in [-0.15, -0.1) is 0 Å². The molecule has 1 aromatic carbocycles. The van der Waals surface area contributed by atoms with Crippen LogP contribution in [0.2, 0.25) is 0 Å². The van der Waals surface area contributed by atoms with Crippen molar-refractivity contribution in [2.75, 3.05) is 6.54 Å². The molecule has 1 unspecified atom stereocenters. The van der Waals surface area contributed by atoms with Crippen LogP contribution < -0.4 is 5.32 Å². The Bertz CT molecular complexity index is 262. The molecule has 1 heteroatoms. The predicted molar refractivity (Wildman–Crippen MR) is 60.1 cm³/mol. The van der Waals surface area contributed by atoms with Gasteiger partial charge >= 0.3 is 0 Å². The first-order valence-corrected chi connectivity index (χ1v) is 5.50. The van der Waals surface area contributed by atoms with E-state index in [-0.39, 0.29) is 0 Å². The number of hydrogen-bond acceptors (Lipinski definition) is 1. The Morgan fingerprint density at radius 2 is 2.00 bits per heavy atom. The SMILES string of the molecule is C[C](c1ccccc1)C1CCCCN1. The fourth-order valence-electron chi connectivity index (χ4n) is 2.12. The predicted octanol–water partition coefficient (Wildman–Crippen LogP) is 2.77. The molecule has 1 aromatic rings. The van der Waals surface area contributed by atoms with Gasteiger partial charge in [-0.25, -0.2) is 0 Å². The Balaban J connectivity index is 2.03. The van der Waals surface area contributed by atoms with Crippen LogP contribution in [0.15, 0.2) is 30.3 Å². The van der Waals surface area contributed by atoms with E-state index in [1.807, 2.05) is 0 Å². The lowest BCUT2D eigenvalue weighted by Gasteiger charge is -2.28. The van der Waals surface area contributed by atoms with Crippen LogP contribution in [-0.4, -0.2) is 12.6 Å². The zero-order valence-corrected chi connectivity index (χ0v) is 8.79. The first-order valence-electron chi connectivity index (χ1n) is 5.50. The minimum atomic E-state index is 0.603. The van der Waals surface area contributed by atoms with Crippen molar-refractivity contribution in [2.45, 2.75) is 32.2 Å². The van der Waals surface area contributed by atoms with Gasteiger partial charge in [-0.1, -0.05) is 43.7 Å². The summed E-state index contributed by atoms with van der Waals surface area (Å²) in [5, 5.41) is 3.58. The summed E-state index contributed by atoms with van der Waals surface area (Å²) in [5.41, 5.74) is 1.38. The molecule has 1 nitrogen and oxygen atoms in total. The van der Waals surface area contributed by atoms with Crippen LogP contribution in [0.4, 0.5) is 0 Å². The second-order valence-corrected chi connectivity index (χ2v) is 4.05. The minimum absolute atomic E-state index is 0.603. The van der Waals surface area contributed by atoms with Crippen LogP contribution in [0, 0.1) is 5.92 Å². The quantitative estimate of drug-likeness (QED) is 0.752. The van der Waals surface area contributed by atoms with Crippen LogP contribution in [0.25, 0.3) is 0 Å². The summed E-state index contributed by atoms with van der Waals surface area (Å²) in [6.07, 6.45) is 3.99. The summed E-state index contributed by atoms with van der Waals surface area (Å²) in [7, 11) is 0. The van der Waals surface area contributed by atoms with Crippen molar-refractivity contribution in [3.05, 3.63) is 41.8 Å². The molecule has 1 atom stereocenters. The molecule has 75 valence electrons. The Morgan fingerprint density at radius 1 is 1.21 bits per heavy atom. The zero-order valence-electron chi connectivity index (χ0n) is 8.79. The third-order valence-electron chi connectivity index (χ3n) is 3.06. The lowest BCUT2D eigenvalue weighted by Crippen LogP contribution is -2.38. The van der Waals surface area contributed by atoms with Crippen LogP contribution in [0.1, 0.15) is 31.7 Å². The van der Waals surface area contributed by atoms with Crippen molar-refractivity contribution >= 4 is 0 Å². The second kappa shape index (κ2) is 4.61. The van der Waals surface area contributed by atoms with Gasteiger partial charge < -0.3 is 5.32 Å². The molecular formula is C13H18N. The molecule has 1 radical (unpaired) electrons. The first kappa shape index (κ1) is 9.72. The van der Waals surface area contributed by atoms with Crippen LogP contribution in [0.5, 0.6) is 0 Å². The van der Waals surface area contributed by atoms with Crippen molar-refractivity contribution in [1.82, 2.24) is 5.32 Å². The maximum atomic E-state index is 3.58. The van der Waals surface area contributed by atoms with Gasteiger partial charge in [0.2, 0.25) is 0 Å². The van der Waals surface area contributed by atoms with E-state index in [0.717, 1.165) is 0 Å². The van der Waals surface area contributed by atoms with Gasteiger partial charge in [-0.2, -0.15) is 0 Å². The second-order valence-electron chi connectivity index (χ2n) is 4.05. The third kappa shape index (κ3) is 2.16. The van der Waals surface area contributed by atoms with Gasteiger partial charge in [-0.05, 0) is 24.9 Å². The fraction of sp³-hybridized carbons (Fsp3) is 0.462. The maximum absolute atomic E-state index is 3.58. The van der Waals surface area contributed by atoms with Crippen molar-refractivity contribution in [3.63, 3.8) is 0 Å². The molecule has 2 rings (SSSR count). The normalized spacial score (nSPS) is 22.6.